The van der Waals surface area contributed by atoms with Crippen LogP contribution in [-0.4, -0.2) is 11.2 Å². The van der Waals surface area contributed by atoms with Crippen molar-refractivity contribution in [1.29, 1.82) is 0 Å². The summed E-state index contributed by atoms with van der Waals surface area (Å²) in [4.78, 5) is 14.8. The molecule has 0 atom stereocenters. The molecule has 0 aromatic heterocycles. The molecule has 0 unspecified atom stereocenters. The summed E-state index contributed by atoms with van der Waals surface area (Å²) in [7, 11) is 0. The van der Waals surface area contributed by atoms with E-state index in [-0.39, 0.29) is 0 Å². The molecule has 1 aromatic carbocycles. The number of aryl methyl sites for hydroxylation is 1. The molecule has 1 aromatic rings. The molecule has 3 heteroatoms. The lowest BCUT2D eigenvalue weighted by atomic mass is 9.82. The van der Waals surface area contributed by atoms with E-state index in [1.54, 1.807) is 6.08 Å². The van der Waals surface area contributed by atoms with Crippen LogP contribution >= 0.6 is 0 Å². The minimum atomic E-state index is -0.516. The molecule has 0 amide bonds. The molecule has 2 aliphatic rings. The second-order valence-electron chi connectivity index (χ2n) is 5.75. The van der Waals surface area contributed by atoms with Gasteiger partial charge in [0.15, 0.2) is 0 Å². The first-order chi connectivity index (χ1) is 9.27. The van der Waals surface area contributed by atoms with E-state index in [0.29, 0.717) is 5.75 Å². The lowest BCUT2D eigenvalue weighted by molar-refractivity contribution is 0.402. The van der Waals surface area contributed by atoms with Crippen LogP contribution in [0.3, 0.4) is 0 Å². The molecule has 0 spiro atoms. The van der Waals surface area contributed by atoms with E-state index in [9.17, 15) is 9.90 Å². The Labute approximate surface area is 113 Å². The number of isocyanates is 1. The van der Waals surface area contributed by atoms with Gasteiger partial charge in [-0.1, -0.05) is 25.0 Å². The summed E-state index contributed by atoms with van der Waals surface area (Å²) in [6.45, 7) is 0. The maximum absolute atomic E-state index is 10.8. The zero-order valence-corrected chi connectivity index (χ0v) is 11.1. The van der Waals surface area contributed by atoms with Crippen LogP contribution in [-0.2, 0) is 23.2 Å². The fourth-order valence-corrected chi connectivity index (χ4v) is 3.67. The fourth-order valence-electron chi connectivity index (χ4n) is 3.67. The largest absolute Gasteiger partial charge is 0.507 e. The zero-order valence-electron chi connectivity index (χ0n) is 11.1. The fraction of sp³-hybridized carbons (Fsp3) is 0.562. The number of aromatic hydroxyl groups is 1. The molecule has 100 valence electrons. The topological polar surface area (TPSA) is 49.7 Å². The smallest absolute Gasteiger partial charge is 0.235 e. The highest BCUT2D eigenvalue weighted by Crippen LogP contribution is 2.47. The maximum atomic E-state index is 10.8. The van der Waals surface area contributed by atoms with Gasteiger partial charge in [0.05, 0.1) is 0 Å². The van der Waals surface area contributed by atoms with E-state index in [0.717, 1.165) is 56.1 Å². The highest BCUT2D eigenvalue weighted by Gasteiger charge is 2.38. The van der Waals surface area contributed by atoms with E-state index in [1.807, 2.05) is 6.07 Å². The Kier molecular flexibility index (Phi) is 3.16. The van der Waals surface area contributed by atoms with Crippen molar-refractivity contribution >= 4 is 6.08 Å². The van der Waals surface area contributed by atoms with E-state index < -0.39 is 5.54 Å². The zero-order chi connectivity index (χ0) is 13.3. The maximum Gasteiger partial charge on any atom is 0.235 e. The summed E-state index contributed by atoms with van der Waals surface area (Å²) < 4.78 is 0. The average Bonchev–Trinajstić information content (AvgIpc) is 2.89. The van der Waals surface area contributed by atoms with E-state index in [1.165, 1.54) is 12.0 Å². The Balaban J connectivity index is 2.12. The van der Waals surface area contributed by atoms with Crippen LogP contribution in [0.1, 0.15) is 55.2 Å². The van der Waals surface area contributed by atoms with Crippen LogP contribution in [0.15, 0.2) is 17.1 Å². The van der Waals surface area contributed by atoms with Crippen LogP contribution in [0.2, 0.25) is 0 Å². The second-order valence-corrected chi connectivity index (χ2v) is 5.75. The molecule has 0 bridgehead atoms. The molecule has 0 radical (unpaired) electrons. The number of phenols is 1. The summed E-state index contributed by atoms with van der Waals surface area (Å²) in [5.74, 6) is 0.387. The molecule has 1 saturated carbocycles. The van der Waals surface area contributed by atoms with Crippen LogP contribution < -0.4 is 0 Å². The number of carbonyl (C=O) groups excluding carboxylic acids is 1. The van der Waals surface area contributed by atoms with Crippen LogP contribution in [0.25, 0.3) is 0 Å². The third-order valence-electron chi connectivity index (χ3n) is 4.69. The lowest BCUT2D eigenvalue weighted by Crippen LogP contribution is -2.20. The first-order valence-electron chi connectivity index (χ1n) is 7.20. The molecule has 2 aliphatic carbocycles. The molecule has 1 N–H and O–H groups in total. The standard InChI is InChI=1S/C16H19NO2/c18-11-17-16(9-3-4-10-16)14-8-7-12-5-1-2-6-13(12)15(14)19/h7-8,19H,1-6,9-10H2. The second kappa shape index (κ2) is 4.82. The van der Waals surface area contributed by atoms with Gasteiger partial charge in [-0.05, 0) is 49.7 Å². The summed E-state index contributed by atoms with van der Waals surface area (Å²) in [6.07, 6.45) is 9.84. The lowest BCUT2D eigenvalue weighted by Gasteiger charge is -2.27. The quantitative estimate of drug-likeness (QED) is 0.652. The summed E-state index contributed by atoms with van der Waals surface area (Å²) in [5, 5.41) is 10.6. The van der Waals surface area contributed by atoms with Crippen molar-refractivity contribution in [2.24, 2.45) is 4.99 Å². The van der Waals surface area contributed by atoms with Gasteiger partial charge in [-0.3, -0.25) is 0 Å². The number of hydrogen-bond acceptors (Lipinski definition) is 3. The van der Waals surface area contributed by atoms with Gasteiger partial charge in [0.1, 0.15) is 11.3 Å². The minimum Gasteiger partial charge on any atom is -0.507 e. The number of nitrogens with zero attached hydrogens (tertiary/aromatic N) is 1. The minimum absolute atomic E-state index is 0.387. The van der Waals surface area contributed by atoms with Gasteiger partial charge in [0.25, 0.3) is 0 Å². The number of benzene rings is 1. The Morgan fingerprint density at radius 1 is 1.11 bits per heavy atom. The summed E-state index contributed by atoms with van der Waals surface area (Å²) >= 11 is 0. The molecular weight excluding hydrogens is 238 g/mol. The number of aliphatic imine (C=N–C) groups is 1. The van der Waals surface area contributed by atoms with Gasteiger partial charge >= 0.3 is 0 Å². The van der Waals surface area contributed by atoms with Crippen molar-refractivity contribution in [3.05, 3.63) is 28.8 Å². The van der Waals surface area contributed by atoms with Crippen molar-refractivity contribution in [3.63, 3.8) is 0 Å². The number of hydrogen-bond donors (Lipinski definition) is 1. The Morgan fingerprint density at radius 2 is 1.84 bits per heavy atom. The van der Waals surface area contributed by atoms with Crippen molar-refractivity contribution < 1.29 is 9.90 Å². The predicted octanol–water partition coefficient (Wildman–Crippen LogP) is 3.38. The van der Waals surface area contributed by atoms with Crippen LogP contribution in [0.5, 0.6) is 5.75 Å². The SMILES string of the molecule is O=C=NC1(c2ccc3c(c2O)CCCC3)CCCC1. The normalized spacial score (nSPS) is 20.6. The summed E-state index contributed by atoms with van der Waals surface area (Å²) in [5.41, 5.74) is 2.67. The van der Waals surface area contributed by atoms with Crippen LogP contribution in [0.4, 0.5) is 0 Å². The average molecular weight is 257 g/mol. The molecule has 0 saturated heterocycles. The van der Waals surface area contributed by atoms with Gasteiger partial charge < -0.3 is 5.11 Å². The molecule has 0 heterocycles. The number of phenolic OH excluding ortho intramolecular Hbond substituents is 1. The molecule has 0 aliphatic heterocycles. The molecule has 1 fully saturated rings. The van der Waals surface area contributed by atoms with Crippen molar-refractivity contribution in [2.75, 3.05) is 0 Å². The van der Waals surface area contributed by atoms with E-state index in [4.69, 9.17) is 0 Å². The van der Waals surface area contributed by atoms with Crippen LogP contribution in [0, 0.1) is 0 Å². The molecule has 3 rings (SSSR count). The van der Waals surface area contributed by atoms with Gasteiger partial charge in [-0.15, -0.1) is 0 Å². The molecule has 3 nitrogen and oxygen atoms in total. The van der Waals surface area contributed by atoms with Gasteiger partial charge in [-0.25, -0.2) is 4.79 Å². The third-order valence-corrected chi connectivity index (χ3v) is 4.69. The number of rotatable bonds is 2. The third kappa shape index (κ3) is 1.98. The van der Waals surface area contributed by atoms with Crippen molar-refractivity contribution in [3.8, 4) is 5.75 Å². The highest BCUT2D eigenvalue weighted by atomic mass is 16.3. The Bertz CT molecular complexity index is 538. The summed E-state index contributed by atoms with van der Waals surface area (Å²) in [6, 6.07) is 4.09. The van der Waals surface area contributed by atoms with Gasteiger partial charge in [0.2, 0.25) is 6.08 Å². The molecular formula is C16H19NO2. The predicted molar refractivity (Wildman–Crippen MR) is 73.0 cm³/mol. The van der Waals surface area contributed by atoms with Gasteiger partial charge in [-0.2, -0.15) is 4.99 Å². The first-order valence-corrected chi connectivity index (χ1v) is 7.20. The molecule has 19 heavy (non-hydrogen) atoms. The van der Waals surface area contributed by atoms with Crippen molar-refractivity contribution in [1.82, 2.24) is 0 Å². The first kappa shape index (κ1) is 12.4. The highest BCUT2D eigenvalue weighted by molar-refractivity contribution is 5.51. The van der Waals surface area contributed by atoms with E-state index in [2.05, 4.69) is 11.1 Å². The Hall–Kier alpha value is -1.60. The number of fused-ring (bicyclic) bond motifs is 1. The monoisotopic (exact) mass is 257 g/mol. The van der Waals surface area contributed by atoms with Crippen molar-refractivity contribution in [2.45, 2.75) is 56.9 Å². The van der Waals surface area contributed by atoms with Gasteiger partial charge in [0, 0.05) is 5.56 Å². The Morgan fingerprint density at radius 3 is 2.58 bits per heavy atom. The van der Waals surface area contributed by atoms with E-state index >= 15 is 0 Å².